The number of benzene rings is 2. The van der Waals surface area contributed by atoms with Crippen molar-refractivity contribution >= 4 is 35.0 Å². The number of pyridine rings is 1. The topological polar surface area (TPSA) is 80.3 Å². The third kappa shape index (κ3) is 6.24. The Morgan fingerprint density at radius 1 is 1.03 bits per heavy atom. The fourth-order valence-electron chi connectivity index (χ4n) is 2.65. The van der Waals surface area contributed by atoms with Crippen molar-refractivity contribution < 1.29 is 27.5 Å². The smallest absolute Gasteiger partial charge is 0.417 e. The molecule has 0 saturated heterocycles. The summed E-state index contributed by atoms with van der Waals surface area (Å²) >= 11 is 0.983. The first-order valence-electron chi connectivity index (χ1n) is 9.26. The molecule has 6 nitrogen and oxygen atoms in total. The van der Waals surface area contributed by atoms with Gasteiger partial charge in [0.15, 0.2) is 0 Å². The maximum absolute atomic E-state index is 12.7. The number of carbonyl (C=O) groups excluding carboxylic acids is 2. The van der Waals surface area contributed by atoms with Gasteiger partial charge >= 0.3 is 6.18 Å². The van der Waals surface area contributed by atoms with E-state index in [0.29, 0.717) is 17.1 Å². The number of rotatable bonds is 7. The van der Waals surface area contributed by atoms with Crippen molar-refractivity contribution in [3.05, 3.63) is 78.0 Å². The number of methoxy groups -OCH3 is 1. The van der Waals surface area contributed by atoms with E-state index >= 15 is 0 Å². The van der Waals surface area contributed by atoms with E-state index in [1.807, 2.05) is 0 Å². The lowest BCUT2D eigenvalue weighted by molar-refractivity contribution is -0.137. The van der Waals surface area contributed by atoms with Crippen LogP contribution >= 0.6 is 11.8 Å². The molecule has 0 aliphatic rings. The van der Waals surface area contributed by atoms with Gasteiger partial charge in [0.25, 0.3) is 5.91 Å². The summed E-state index contributed by atoms with van der Waals surface area (Å²) in [6.07, 6.45) is -3.75. The van der Waals surface area contributed by atoms with Gasteiger partial charge in [0, 0.05) is 18.0 Å². The van der Waals surface area contributed by atoms with Gasteiger partial charge in [-0.1, -0.05) is 30.0 Å². The number of para-hydroxylation sites is 1. The van der Waals surface area contributed by atoms with E-state index in [0.717, 1.165) is 24.0 Å². The number of anilines is 2. The molecule has 0 fully saturated rings. The summed E-state index contributed by atoms with van der Waals surface area (Å²) in [5, 5.41) is 5.67. The highest BCUT2D eigenvalue weighted by Crippen LogP contribution is 2.29. The minimum Gasteiger partial charge on any atom is -0.497 e. The number of thioether (sulfide) groups is 1. The quantitative estimate of drug-likeness (QED) is 0.479. The number of hydrogen-bond donors (Lipinski definition) is 2. The third-order valence-electron chi connectivity index (χ3n) is 4.19. The van der Waals surface area contributed by atoms with Crippen molar-refractivity contribution in [2.45, 2.75) is 11.2 Å². The highest BCUT2D eigenvalue weighted by atomic mass is 32.2. The Balaban J connectivity index is 1.62. The van der Waals surface area contributed by atoms with Crippen LogP contribution in [0.25, 0.3) is 0 Å². The van der Waals surface area contributed by atoms with Crippen LogP contribution in [0.4, 0.5) is 24.5 Å². The van der Waals surface area contributed by atoms with Crippen LogP contribution in [-0.2, 0) is 11.0 Å². The minimum absolute atomic E-state index is 0.0931. The summed E-state index contributed by atoms with van der Waals surface area (Å²) in [5.74, 6) is -0.368. The van der Waals surface area contributed by atoms with Gasteiger partial charge in [0.1, 0.15) is 5.75 Å². The summed E-state index contributed by atoms with van der Waals surface area (Å²) in [5.41, 5.74) is 0.224. The molecule has 0 aliphatic carbocycles. The number of alkyl halides is 3. The summed E-state index contributed by atoms with van der Waals surface area (Å²) in [6.45, 7) is 0. The number of ether oxygens (including phenoxy) is 1. The zero-order valence-corrected chi connectivity index (χ0v) is 17.6. The Morgan fingerprint density at radius 2 is 1.81 bits per heavy atom. The average Bonchev–Trinajstić information content (AvgIpc) is 2.78. The molecular weight excluding hydrogens is 443 g/mol. The summed E-state index contributed by atoms with van der Waals surface area (Å²) in [4.78, 5) is 28.8. The number of carbonyl (C=O) groups is 2. The van der Waals surface area contributed by atoms with Gasteiger partial charge in [-0.05, 0) is 36.4 Å². The zero-order valence-electron chi connectivity index (χ0n) is 16.8. The molecule has 1 heterocycles. The first-order valence-corrected chi connectivity index (χ1v) is 10.2. The van der Waals surface area contributed by atoms with Crippen molar-refractivity contribution in [2.75, 3.05) is 23.5 Å². The van der Waals surface area contributed by atoms with Gasteiger partial charge in [0.2, 0.25) is 5.91 Å². The first kappa shape index (κ1) is 23.1. The summed E-state index contributed by atoms with van der Waals surface area (Å²) in [7, 11) is 1.52. The largest absolute Gasteiger partial charge is 0.497 e. The number of aromatic nitrogens is 1. The molecule has 32 heavy (non-hydrogen) atoms. The Labute approximate surface area is 186 Å². The van der Waals surface area contributed by atoms with Crippen LogP contribution in [0, 0.1) is 0 Å². The van der Waals surface area contributed by atoms with E-state index in [4.69, 9.17) is 4.74 Å². The molecule has 0 aliphatic heterocycles. The molecule has 166 valence electrons. The van der Waals surface area contributed by atoms with Crippen molar-refractivity contribution in [1.82, 2.24) is 4.98 Å². The van der Waals surface area contributed by atoms with Gasteiger partial charge in [-0.15, -0.1) is 0 Å². The van der Waals surface area contributed by atoms with Gasteiger partial charge in [-0.2, -0.15) is 13.2 Å². The van der Waals surface area contributed by atoms with Gasteiger partial charge in [-0.25, -0.2) is 4.98 Å². The van der Waals surface area contributed by atoms with E-state index < -0.39 is 23.6 Å². The number of nitrogens with one attached hydrogen (secondary N) is 2. The van der Waals surface area contributed by atoms with E-state index in [9.17, 15) is 22.8 Å². The number of amides is 2. The minimum atomic E-state index is -4.47. The lowest BCUT2D eigenvalue weighted by atomic mass is 10.1. The monoisotopic (exact) mass is 461 g/mol. The maximum Gasteiger partial charge on any atom is 0.417 e. The predicted octanol–water partition coefficient (Wildman–Crippen LogP) is 5.09. The lowest BCUT2D eigenvalue weighted by Crippen LogP contribution is -2.19. The van der Waals surface area contributed by atoms with Crippen LogP contribution in [0.15, 0.2) is 71.9 Å². The van der Waals surface area contributed by atoms with Crippen LogP contribution in [-0.4, -0.2) is 29.7 Å². The molecule has 3 aromatic rings. The van der Waals surface area contributed by atoms with Crippen molar-refractivity contribution in [3.8, 4) is 5.75 Å². The van der Waals surface area contributed by atoms with Crippen molar-refractivity contribution in [3.63, 3.8) is 0 Å². The molecule has 2 N–H and O–H groups in total. The third-order valence-corrected chi connectivity index (χ3v) is 5.13. The Morgan fingerprint density at radius 3 is 2.50 bits per heavy atom. The van der Waals surface area contributed by atoms with Crippen LogP contribution in [0.3, 0.4) is 0 Å². The molecule has 0 bridgehead atoms. The van der Waals surface area contributed by atoms with Crippen LogP contribution in [0.1, 0.15) is 15.9 Å². The second-order valence-electron chi connectivity index (χ2n) is 6.45. The molecule has 1 aromatic heterocycles. The molecule has 0 unspecified atom stereocenters. The molecule has 2 amide bonds. The SMILES string of the molecule is COc1cccc(NC(=O)c2ccccc2NC(=O)CSc2ccc(C(F)(F)F)cn2)c1. The standard InChI is InChI=1S/C22H18F3N3O3S/c1-31-16-6-4-5-15(11-16)27-21(30)17-7-2-3-8-18(17)28-19(29)13-32-20-10-9-14(12-26-20)22(23,24)25/h2-12H,13H2,1H3,(H,27,30)(H,28,29). The molecule has 0 atom stereocenters. The molecular formula is C22H18F3N3O3S. The molecule has 0 spiro atoms. The zero-order chi connectivity index (χ0) is 23.1. The van der Waals surface area contributed by atoms with Crippen LogP contribution < -0.4 is 15.4 Å². The fourth-order valence-corrected chi connectivity index (χ4v) is 3.29. The fraction of sp³-hybridized carbons (Fsp3) is 0.136. The second kappa shape index (κ2) is 10.2. The van der Waals surface area contributed by atoms with E-state index in [1.165, 1.54) is 13.2 Å². The Hall–Kier alpha value is -3.53. The highest BCUT2D eigenvalue weighted by Gasteiger charge is 2.30. The molecule has 2 aromatic carbocycles. The summed E-state index contributed by atoms with van der Waals surface area (Å²) < 4.78 is 42.9. The normalized spacial score (nSPS) is 11.0. The van der Waals surface area contributed by atoms with Gasteiger partial charge in [-0.3, -0.25) is 9.59 Å². The summed E-state index contributed by atoms with van der Waals surface area (Å²) in [6, 6.07) is 15.4. The predicted molar refractivity (Wildman–Crippen MR) is 116 cm³/mol. The second-order valence-corrected chi connectivity index (χ2v) is 7.45. The first-order chi connectivity index (χ1) is 15.3. The maximum atomic E-state index is 12.7. The lowest BCUT2D eigenvalue weighted by Gasteiger charge is -2.12. The molecule has 10 heteroatoms. The van der Waals surface area contributed by atoms with Crippen LogP contribution in [0.2, 0.25) is 0 Å². The number of nitrogens with zero attached hydrogens (tertiary/aromatic N) is 1. The van der Waals surface area contributed by atoms with E-state index in [2.05, 4.69) is 15.6 Å². The molecule has 3 rings (SSSR count). The Kier molecular flexibility index (Phi) is 7.37. The number of halogens is 3. The van der Waals surface area contributed by atoms with E-state index in [1.54, 1.807) is 48.5 Å². The average molecular weight is 461 g/mol. The van der Waals surface area contributed by atoms with Crippen molar-refractivity contribution in [2.24, 2.45) is 0 Å². The molecule has 0 radical (unpaired) electrons. The van der Waals surface area contributed by atoms with Gasteiger partial charge < -0.3 is 15.4 Å². The van der Waals surface area contributed by atoms with E-state index in [-0.39, 0.29) is 16.3 Å². The Bertz CT molecular complexity index is 1110. The van der Waals surface area contributed by atoms with Gasteiger partial charge in [0.05, 0.1) is 34.7 Å². The highest BCUT2D eigenvalue weighted by molar-refractivity contribution is 7.99. The van der Waals surface area contributed by atoms with Crippen molar-refractivity contribution in [1.29, 1.82) is 0 Å². The van der Waals surface area contributed by atoms with Crippen LogP contribution in [0.5, 0.6) is 5.75 Å². The number of hydrogen-bond acceptors (Lipinski definition) is 5. The molecule has 0 saturated carbocycles.